The Kier molecular flexibility index (Phi) is 2.61. The third-order valence-electron chi connectivity index (χ3n) is 2.33. The lowest BCUT2D eigenvalue weighted by atomic mass is 10.2. The monoisotopic (exact) mass is 181 g/mol. The zero-order chi connectivity index (χ0) is 9.10. The molecule has 2 heterocycles. The molecule has 1 unspecified atom stereocenters. The van der Waals surface area contributed by atoms with Crippen LogP contribution in [0.2, 0.25) is 0 Å². The molecule has 1 aliphatic rings. The Morgan fingerprint density at radius 3 is 3.31 bits per heavy atom. The van der Waals surface area contributed by atoms with Crippen molar-refractivity contribution in [2.24, 2.45) is 5.73 Å². The third kappa shape index (κ3) is 1.89. The maximum absolute atomic E-state index is 5.43. The second-order valence-corrected chi connectivity index (χ2v) is 3.36. The van der Waals surface area contributed by atoms with E-state index in [4.69, 9.17) is 10.2 Å². The van der Waals surface area contributed by atoms with Gasteiger partial charge in [-0.2, -0.15) is 0 Å². The van der Waals surface area contributed by atoms with Gasteiger partial charge in [0, 0.05) is 6.42 Å². The van der Waals surface area contributed by atoms with Crippen molar-refractivity contribution >= 4 is 0 Å². The summed E-state index contributed by atoms with van der Waals surface area (Å²) in [6.07, 6.45) is 4.85. The summed E-state index contributed by atoms with van der Waals surface area (Å²) in [4.78, 5) is 4.37. The molecule has 1 atom stereocenters. The first-order valence-electron chi connectivity index (χ1n) is 4.78. The third-order valence-corrected chi connectivity index (χ3v) is 2.33. The maximum atomic E-state index is 5.43. The molecule has 3 N–H and O–H groups in total. The molecule has 0 bridgehead atoms. The van der Waals surface area contributed by atoms with Gasteiger partial charge in [-0.15, -0.1) is 0 Å². The predicted octanol–water partition coefficient (Wildman–Crippen LogP) is 0.600. The van der Waals surface area contributed by atoms with Gasteiger partial charge in [0.1, 0.15) is 6.26 Å². The van der Waals surface area contributed by atoms with Gasteiger partial charge in [0.2, 0.25) is 5.89 Å². The van der Waals surface area contributed by atoms with E-state index in [9.17, 15) is 0 Å². The minimum Gasteiger partial charge on any atom is -0.447 e. The highest BCUT2D eigenvalue weighted by atomic mass is 16.3. The highest BCUT2D eigenvalue weighted by Crippen LogP contribution is 2.21. The van der Waals surface area contributed by atoms with Gasteiger partial charge in [0.25, 0.3) is 0 Å². The molecule has 4 heteroatoms. The largest absolute Gasteiger partial charge is 0.447 e. The summed E-state index contributed by atoms with van der Waals surface area (Å²) in [5, 5.41) is 3.34. The van der Waals surface area contributed by atoms with Crippen molar-refractivity contribution in [3.63, 3.8) is 0 Å². The van der Waals surface area contributed by atoms with Crippen molar-refractivity contribution in [1.29, 1.82) is 0 Å². The average molecular weight is 181 g/mol. The minimum atomic E-state index is 0.325. The van der Waals surface area contributed by atoms with E-state index in [2.05, 4.69) is 10.3 Å². The summed E-state index contributed by atoms with van der Waals surface area (Å²) in [5.74, 6) is 0.820. The van der Waals surface area contributed by atoms with E-state index in [1.54, 1.807) is 6.26 Å². The molecule has 1 aromatic rings. The number of nitrogens with one attached hydrogen (secondary N) is 1. The lowest BCUT2D eigenvalue weighted by Gasteiger charge is -2.02. The molecule has 0 spiro atoms. The van der Waals surface area contributed by atoms with Crippen LogP contribution in [0.15, 0.2) is 10.7 Å². The lowest BCUT2D eigenvalue weighted by molar-refractivity contribution is 0.429. The molecule has 72 valence electrons. The van der Waals surface area contributed by atoms with Crippen LogP contribution in [0.1, 0.15) is 30.5 Å². The molecule has 0 aliphatic carbocycles. The Labute approximate surface area is 77.5 Å². The molecule has 1 fully saturated rings. The van der Waals surface area contributed by atoms with Gasteiger partial charge < -0.3 is 15.5 Å². The minimum absolute atomic E-state index is 0.325. The molecule has 4 nitrogen and oxygen atoms in total. The van der Waals surface area contributed by atoms with Crippen LogP contribution in [0, 0.1) is 0 Å². The fourth-order valence-electron chi connectivity index (χ4n) is 1.64. The summed E-state index contributed by atoms with van der Waals surface area (Å²) in [6, 6.07) is 0.325. The van der Waals surface area contributed by atoms with Crippen LogP contribution in [0.5, 0.6) is 0 Å². The van der Waals surface area contributed by atoms with Crippen LogP contribution in [0.3, 0.4) is 0 Å². The first kappa shape index (κ1) is 8.72. The number of oxazole rings is 1. The topological polar surface area (TPSA) is 64.1 Å². The van der Waals surface area contributed by atoms with Gasteiger partial charge in [-0.05, 0) is 25.9 Å². The van der Waals surface area contributed by atoms with E-state index in [0.29, 0.717) is 12.6 Å². The van der Waals surface area contributed by atoms with Crippen molar-refractivity contribution in [1.82, 2.24) is 10.3 Å². The quantitative estimate of drug-likeness (QED) is 0.716. The Morgan fingerprint density at radius 2 is 2.62 bits per heavy atom. The van der Waals surface area contributed by atoms with Gasteiger partial charge in [-0.3, -0.25) is 0 Å². The van der Waals surface area contributed by atoms with E-state index >= 15 is 0 Å². The van der Waals surface area contributed by atoms with Crippen molar-refractivity contribution in [2.75, 3.05) is 13.1 Å². The second kappa shape index (κ2) is 3.89. The van der Waals surface area contributed by atoms with Crippen LogP contribution in [-0.4, -0.2) is 18.1 Å². The number of nitrogens with two attached hydrogens (primary N) is 1. The van der Waals surface area contributed by atoms with Gasteiger partial charge in [-0.1, -0.05) is 0 Å². The predicted molar refractivity (Wildman–Crippen MR) is 49.2 cm³/mol. The molecule has 0 amide bonds. The summed E-state index contributed by atoms with van der Waals surface area (Å²) in [7, 11) is 0. The van der Waals surface area contributed by atoms with E-state index in [1.807, 2.05) is 0 Å². The van der Waals surface area contributed by atoms with E-state index < -0.39 is 0 Å². The number of nitrogens with zero attached hydrogens (tertiary/aromatic N) is 1. The molecule has 1 saturated heterocycles. The van der Waals surface area contributed by atoms with E-state index in [0.717, 1.165) is 31.0 Å². The number of rotatable bonds is 3. The maximum Gasteiger partial charge on any atom is 0.211 e. The average Bonchev–Trinajstić information content (AvgIpc) is 2.70. The summed E-state index contributed by atoms with van der Waals surface area (Å²) < 4.78 is 5.37. The summed E-state index contributed by atoms with van der Waals surface area (Å²) >= 11 is 0. The zero-order valence-electron chi connectivity index (χ0n) is 7.62. The van der Waals surface area contributed by atoms with Crippen LogP contribution in [-0.2, 0) is 6.42 Å². The van der Waals surface area contributed by atoms with Gasteiger partial charge in [0.15, 0.2) is 0 Å². The summed E-state index contributed by atoms with van der Waals surface area (Å²) in [5.41, 5.74) is 6.39. The van der Waals surface area contributed by atoms with Crippen molar-refractivity contribution < 1.29 is 4.42 Å². The molecular weight excluding hydrogens is 166 g/mol. The van der Waals surface area contributed by atoms with Crippen molar-refractivity contribution in [3.05, 3.63) is 17.8 Å². The Hall–Kier alpha value is -0.870. The highest BCUT2D eigenvalue weighted by molar-refractivity contribution is 5.01. The lowest BCUT2D eigenvalue weighted by Crippen LogP contribution is -2.13. The first-order chi connectivity index (χ1) is 6.40. The molecule has 1 aliphatic heterocycles. The van der Waals surface area contributed by atoms with Crippen LogP contribution >= 0.6 is 0 Å². The molecule has 0 saturated carbocycles. The smallest absolute Gasteiger partial charge is 0.211 e. The van der Waals surface area contributed by atoms with Crippen molar-refractivity contribution in [3.8, 4) is 0 Å². The standard InChI is InChI=1S/C9H15N3O/c10-4-3-7-6-13-9(12-7)8-2-1-5-11-8/h6,8,11H,1-5,10H2. The van der Waals surface area contributed by atoms with Gasteiger partial charge in [-0.25, -0.2) is 4.98 Å². The van der Waals surface area contributed by atoms with E-state index in [-0.39, 0.29) is 0 Å². The molecule has 13 heavy (non-hydrogen) atoms. The molecule has 2 rings (SSSR count). The number of aromatic nitrogens is 1. The van der Waals surface area contributed by atoms with Crippen LogP contribution < -0.4 is 11.1 Å². The van der Waals surface area contributed by atoms with Crippen molar-refractivity contribution in [2.45, 2.75) is 25.3 Å². The number of hydrogen-bond donors (Lipinski definition) is 2. The van der Waals surface area contributed by atoms with Gasteiger partial charge in [0.05, 0.1) is 11.7 Å². The fourth-order valence-corrected chi connectivity index (χ4v) is 1.64. The molecular formula is C9H15N3O. The van der Waals surface area contributed by atoms with Crippen LogP contribution in [0.4, 0.5) is 0 Å². The van der Waals surface area contributed by atoms with Crippen LogP contribution in [0.25, 0.3) is 0 Å². The fraction of sp³-hybridized carbons (Fsp3) is 0.667. The number of hydrogen-bond acceptors (Lipinski definition) is 4. The van der Waals surface area contributed by atoms with E-state index in [1.165, 1.54) is 6.42 Å². The molecule has 1 aromatic heterocycles. The van der Waals surface area contributed by atoms with Gasteiger partial charge >= 0.3 is 0 Å². The second-order valence-electron chi connectivity index (χ2n) is 3.36. The first-order valence-corrected chi connectivity index (χ1v) is 4.78. The Balaban J connectivity index is 2.03. The Morgan fingerprint density at radius 1 is 1.69 bits per heavy atom. The zero-order valence-corrected chi connectivity index (χ0v) is 7.62. The normalized spacial score (nSPS) is 22.4. The molecule has 0 radical (unpaired) electrons. The summed E-state index contributed by atoms with van der Waals surface area (Å²) in [6.45, 7) is 1.70. The molecule has 0 aromatic carbocycles. The highest BCUT2D eigenvalue weighted by Gasteiger charge is 2.20. The SMILES string of the molecule is NCCc1coc(C2CCCN2)n1. The Bertz CT molecular complexity index is 266.